The van der Waals surface area contributed by atoms with E-state index in [1.54, 1.807) is 40.6 Å². The van der Waals surface area contributed by atoms with Crippen molar-refractivity contribution in [1.29, 1.82) is 0 Å². The Hall–Kier alpha value is -7.57. The van der Waals surface area contributed by atoms with Crippen LogP contribution < -0.4 is 21.3 Å². The van der Waals surface area contributed by atoms with Crippen LogP contribution >= 0.6 is 32.9 Å². The van der Waals surface area contributed by atoms with Crippen LogP contribution in [-0.4, -0.2) is 329 Å². The van der Waals surface area contributed by atoms with Crippen LogP contribution in [0.2, 0.25) is 0 Å². The number of hydrogen-bond acceptors (Lipinski definition) is 37. The maximum absolute atomic E-state index is 14.9. The summed E-state index contributed by atoms with van der Waals surface area (Å²) in [6.45, 7) is 20.0. The first-order valence-electron chi connectivity index (χ1n) is 46.0. The van der Waals surface area contributed by atoms with Gasteiger partial charge in [0.2, 0.25) is 23.6 Å². The summed E-state index contributed by atoms with van der Waals surface area (Å²) in [5.41, 5.74) is 0.773. The van der Waals surface area contributed by atoms with Crippen molar-refractivity contribution >= 4 is 104 Å². The van der Waals surface area contributed by atoms with Crippen LogP contribution in [0.25, 0.3) is 0 Å². The third-order valence-electron chi connectivity index (χ3n) is 20.9. The normalized spacial score (nSPS) is 15.6. The number of aliphatic carboxylic acids is 1. The number of rotatable bonds is 69. The van der Waals surface area contributed by atoms with Crippen molar-refractivity contribution < 1.29 is 160 Å². The number of aromatic hydroxyl groups is 1. The minimum atomic E-state index is -1.05. The van der Waals surface area contributed by atoms with Gasteiger partial charge in [0.05, 0.1) is 76.0 Å². The van der Waals surface area contributed by atoms with Crippen molar-refractivity contribution in [2.75, 3.05) is 133 Å². The molecule has 134 heavy (non-hydrogen) atoms. The van der Waals surface area contributed by atoms with Gasteiger partial charge in [-0.3, -0.25) is 62.4 Å². The Labute approximate surface area is 802 Å². The monoisotopic (exact) mass is 1970 g/mol. The van der Waals surface area contributed by atoms with Gasteiger partial charge >= 0.3 is 41.8 Å². The highest BCUT2D eigenvalue weighted by molar-refractivity contribution is 8.76. The second-order valence-corrected chi connectivity index (χ2v) is 35.5. The van der Waals surface area contributed by atoms with Crippen molar-refractivity contribution in [3.05, 3.63) is 45.9 Å². The zero-order valence-corrected chi connectivity index (χ0v) is 84.0. The number of methoxy groups -OCH3 is 4. The first kappa shape index (κ1) is 126. The van der Waals surface area contributed by atoms with Gasteiger partial charge in [0, 0.05) is 123 Å². The standard InChI is InChI=1S/C57H90N6O16S.C15H29NO6S2.C12H22O7.C7H16O4/c1-11-18-49(68)77-35-63(56(72)52(37(6)12-2)61-54(71)45-19-14-15-27-62(45)9)46(36(4)5)31-47(78-39(8)65)55-60-44(34-80-55)53(70)59-41(30-40-22-24-42(66)25-23-40)29-38(7)57(73)75-28-17-26-58-48(67)20-16-21-50(69)76-33-51(74-10)79-43(13-3)32-64;1-4-12(10-17)22-15(20-2)11-21-14(19)7-5-6-13(18)16-8-9-24-23-3;1-3-9(7-13)19-12(17-2)8-18-11(16)6-4-5-10(14)15;1-3-6(4-8)11-7(5-9)10-2/h22-25,34,36-38,41,43,45-47,51-52,64,66H,11-21,26-33,35H2,1-10H3,(H,58,67)(H,59,70)(H,61,71);12,15,17H,4-11H2,1-3H3,(H,16,18);9,12-13H,3-8H2,1-2H3,(H,14,15);6-9H,3-5H2,1-2H3/t37-,38-,41+,43?,45+,46+,47+,51?,52-;;;/m0.../s1. The molecule has 43 heteroatoms. The van der Waals surface area contributed by atoms with Gasteiger partial charge in [-0.15, -0.1) is 11.3 Å². The van der Waals surface area contributed by atoms with Crippen LogP contribution in [0.4, 0.5) is 0 Å². The average molecular weight is 1970 g/mol. The van der Waals surface area contributed by atoms with Gasteiger partial charge in [0.25, 0.3) is 5.91 Å². The molecule has 2 heterocycles. The number of carboxylic acid groups (broad SMARTS) is 1. The number of carbonyl (C=O) groups is 12. The summed E-state index contributed by atoms with van der Waals surface area (Å²) >= 11 is 1.08. The molecule has 1 aromatic heterocycles. The summed E-state index contributed by atoms with van der Waals surface area (Å²) in [7, 11) is 10.9. The molecular formula is C91H157N7O33S3. The van der Waals surface area contributed by atoms with E-state index in [0.29, 0.717) is 70.8 Å². The zero-order chi connectivity index (χ0) is 101. The van der Waals surface area contributed by atoms with E-state index < -0.39 is 128 Å². The number of carboxylic acids is 1. The minimum Gasteiger partial charge on any atom is -0.508 e. The molecule has 1 fully saturated rings. The second kappa shape index (κ2) is 77.4. The molecule has 0 saturated carbocycles. The number of benzene rings is 1. The Morgan fingerprint density at radius 3 is 1.50 bits per heavy atom. The number of aliphatic hydroxyl groups excluding tert-OH is 5. The summed E-state index contributed by atoms with van der Waals surface area (Å²) in [4.78, 5) is 159. The second-order valence-electron chi connectivity index (χ2n) is 31.9. The Balaban J connectivity index is 0.00000261. The third kappa shape index (κ3) is 57.6. The number of carbonyl (C=O) groups excluding carboxylic acids is 11. The van der Waals surface area contributed by atoms with Crippen LogP contribution in [0.1, 0.15) is 245 Å². The average Bonchev–Trinajstić information content (AvgIpc) is 1.41. The first-order chi connectivity index (χ1) is 64.0. The molecule has 1 saturated heterocycles. The largest absolute Gasteiger partial charge is 0.508 e. The number of piperidine rings is 1. The van der Waals surface area contributed by atoms with E-state index in [2.05, 4.69) is 26.3 Å². The van der Waals surface area contributed by atoms with Gasteiger partial charge in [-0.2, -0.15) is 0 Å². The van der Waals surface area contributed by atoms with Gasteiger partial charge in [-0.1, -0.05) is 116 Å². The van der Waals surface area contributed by atoms with Crippen LogP contribution in [0, 0.1) is 17.8 Å². The van der Waals surface area contributed by atoms with Crippen molar-refractivity contribution in [1.82, 2.24) is 36.1 Å². The molecule has 5 amide bonds. The first-order valence-corrected chi connectivity index (χ1v) is 49.6. The fourth-order valence-corrected chi connectivity index (χ4v) is 14.6. The number of phenolic OH excluding ortho intramolecular Hbond substituents is 1. The maximum atomic E-state index is 14.9. The molecule has 0 aliphatic carbocycles. The predicted octanol–water partition coefficient (Wildman–Crippen LogP) is 7.77. The molecule has 15 atom stereocenters. The summed E-state index contributed by atoms with van der Waals surface area (Å²) in [5, 5.41) is 76.5. The number of likely N-dealkylation sites (tertiary alicyclic amines) is 1. The van der Waals surface area contributed by atoms with Crippen LogP contribution in [-0.2, 0) is 125 Å². The van der Waals surface area contributed by atoms with Gasteiger partial charge in [-0.05, 0) is 133 Å². The highest BCUT2D eigenvalue weighted by Gasteiger charge is 2.40. The minimum absolute atomic E-state index is 0.00200. The van der Waals surface area contributed by atoms with E-state index in [-0.39, 0.29) is 201 Å². The van der Waals surface area contributed by atoms with Crippen molar-refractivity contribution in [2.45, 2.75) is 304 Å². The SMILES string of the molecule is CCC(CO)OC(CO)OC.CCC(CO)OC(COC(=O)CCCC(=O)NCCSSC)OC.CCC(CO)OC(COC(=O)CCCC(=O)O)OC.CCCC(=O)OCN(C(=O)[C@@H](NC(=O)[C@H]1CCCCN1C)[C@@H](C)CC)[C@H](C[C@@H](OC(C)=O)c1nc(C(=O)N[C@@H](Cc2ccc(O)cc2)C[C@H](C)C(=O)OCCCNC(=O)CCCC(=O)OCC(OC)OC(CC)CO)cs1)C(C)C. The number of aromatic nitrogens is 1. The van der Waals surface area contributed by atoms with E-state index in [0.717, 1.165) is 42.0 Å². The number of aliphatic hydroxyl groups is 5. The van der Waals surface area contributed by atoms with E-state index in [1.165, 1.54) is 57.8 Å². The summed E-state index contributed by atoms with van der Waals surface area (Å²) in [5.74, 6) is -6.03. The molecule has 0 bridgehead atoms. The Kier molecular flexibility index (Phi) is 73.0. The van der Waals surface area contributed by atoms with Gasteiger partial charge in [0.15, 0.2) is 38.0 Å². The molecule has 1 aromatic carbocycles. The topological polar surface area (TPSA) is 543 Å². The smallest absolute Gasteiger partial charge is 0.308 e. The number of nitrogens with one attached hydrogen (secondary N) is 4. The van der Waals surface area contributed by atoms with E-state index >= 15 is 0 Å². The van der Waals surface area contributed by atoms with E-state index in [4.69, 9.17) is 91.8 Å². The van der Waals surface area contributed by atoms with Crippen LogP contribution in [0.15, 0.2) is 29.6 Å². The van der Waals surface area contributed by atoms with Crippen LogP contribution in [0.5, 0.6) is 5.75 Å². The van der Waals surface area contributed by atoms with Gasteiger partial charge in [-0.25, -0.2) is 4.98 Å². The fraction of sp³-hybridized carbons (Fsp3) is 0.769. The quantitative estimate of drug-likeness (QED) is 0.00989. The third-order valence-corrected chi connectivity index (χ3v) is 23.7. The van der Waals surface area contributed by atoms with Crippen molar-refractivity contribution in [2.24, 2.45) is 17.8 Å². The zero-order valence-electron chi connectivity index (χ0n) is 81.6. The lowest BCUT2D eigenvalue weighted by Crippen LogP contribution is -2.59. The van der Waals surface area contributed by atoms with E-state index in [9.17, 15) is 67.7 Å². The number of phenols is 1. The number of likely N-dealkylation sites (N-methyl/N-ethyl adjacent to an activating group) is 1. The van der Waals surface area contributed by atoms with Crippen LogP contribution in [0.3, 0.4) is 0 Å². The number of esters is 6. The predicted molar refractivity (Wildman–Crippen MR) is 500 cm³/mol. The molecule has 1 aliphatic heterocycles. The summed E-state index contributed by atoms with van der Waals surface area (Å²) in [6.07, 6.45) is 5.04. The molecule has 3 rings (SSSR count). The lowest BCUT2D eigenvalue weighted by molar-refractivity contribution is -0.194. The molecule has 0 spiro atoms. The summed E-state index contributed by atoms with van der Waals surface area (Å²) in [6, 6.07) is 3.73. The lowest BCUT2D eigenvalue weighted by atomic mass is 9.92. The van der Waals surface area contributed by atoms with E-state index in [1.807, 2.05) is 80.5 Å². The Morgan fingerprint density at radius 1 is 0.582 bits per heavy atom. The highest BCUT2D eigenvalue weighted by atomic mass is 33.1. The number of ether oxygens (including phenoxy) is 14. The lowest BCUT2D eigenvalue weighted by Gasteiger charge is -2.39. The summed E-state index contributed by atoms with van der Waals surface area (Å²) < 4.78 is 73.7. The Morgan fingerprint density at radius 2 is 1.07 bits per heavy atom. The molecular weight excluding hydrogens is 1820 g/mol. The highest BCUT2D eigenvalue weighted by Crippen LogP contribution is 2.33. The van der Waals surface area contributed by atoms with Crippen molar-refractivity contribution in [3.8, 4) is 5.75 Å². The molecule has 1 aliphatic rings. The number of nitrogens with zero attached hydrogens (tertiary/aromatic N) is 3. The fourth-order valence-electron chi connectivity index (χ4n) is 12.6. The van der Waals surface area contributed by atoms with Gasteiger partial charge in [0.1, 0.15) is 42.3 Å². The molecule has 2 aromatic rings. The molecule has 8 unspecified atom stereocenters. The molecule has 772 valence electrons. The number of hydrogen-bond donors (Lipinski definition) is 11. The number of thiazole rings is 1. The van der Waals surface area contributed by atoms with Gasteiger partial charge < -0.3 is 128 Å². The Bertz CT molecular complexity index is 3530. The maximum Gasteiger partial charge on any atom is 0.308 e. The number of amides is 5. The molecule has 0 radical (unpaired) electrons. The van der Waals surface area contributed by atoms with Crippen molar-refractivity contribution in [3.63, 3.8) is 0 Å². The molecule has 40 nitrogen and oxygen atoms in total. The molecule has 11 N–H and O–H groups in total.